The van der Waals surface area contributed by atoms with Gasteiger partial charge in [-0.25, -0.2) is 13.6 Å². The van der Waals surface area contributed by atoms with E-state index in [4.69, 9.17) is 4.74 Å². The van der Waals surface area contributed by atoms with Crippen LogP contribution in [-0.2, 0) is 10.3 Å². The number of imide groups is 1. The fraction of sp³-hybridized carbons (Fsp3) is 0.250. The van der Waals surface area contributed by atoms with Crippen LogP contribution in [-0.4, -0.2) is 36.3 Å². The molecular formula is C20H18F2N2O4. The van der Waals surface area contributed by atoms with Crippen molar-refractivity contribution in [2.75, 3.05) is 13.7 Å². The van der Waals surface area contributed by atoms with E-state index in [9.17, 15) is 23.2 Å². The van der Waals surface area contributed by atoms with E-state index >= 15 is 0 Å². The summed E-state index contributed by atoms with van der Waals surface area (Å²) >= 11 is 0. The number of ether oxygens (including phenoxy) is 1. The number of amides is 3. The number of methoxy groups -OCH3 is 1. The summed E-state index contributed by atoms with van der Waals surface area (Å²) in [5, 5.41) is 2.61. The van der Waals surface area contributed by atoms with E-state index in [1.165, 1.54) is 43.5 Å². The molecule has 3 amide bonds. The minimum atomic E-state index is -1.38. The van der Waals surface area contributed by atoms with Crippen LogP contribution in [0.5, 0.6) is 5.75 Å². The molecule has 0 saturated carbocycles. The van der Waals surface area contributed by atoms with Crippen molar-refractivity contribution in [3.63, 3.8) is 0 Å². The summed E-state index contributed by atoms with van der Waals surface area (Å²) in [5.41, 5.74) is -0.953. The Morgan fingerprint density at radius 2 is 1.82 bits per heavy atom. The summed E-state index contributed by atoms with van der Waals surface area (Å²) < 4.78 is 31.9. The van der Waals surface area contributed by atoms with Gasteiger partial charge in [0.15, 0.2) is 17.3 Å². The number of Topliss-reactive ketones (excluding diaryl/α,β-unsaturated/α-hetero) is 1. The van der Waals surface area contributed by atoms with Crippen molar-refractivity contribution in [2.45, 2.75) is 18.9 Å². The molecule has 0 spiro atoms. The van der Waals surface area contributed by atoms with Gasteiger partial charge in [-0.1, -0.05) is 19.1 Å². The molecule has 28 heavy (non-hydrogen) atoms. The zero-order valence-corrected chi connectivity index (χ0v) is 15.3. The van der Waals surface area contributed by atoms with Gasteiger partial charge in [-0.15, -0.1) is 0 Å². The Morgan fingerprint density at radius 1 is 1.14 bits per heavy atom. The number of carbonyl (C=O) groups is 3. The molecule has 8 heteroatoms. The lowest BCUT2D eigenvalue weighted by atomic mass is 9.87. The maximum atomic E-state index is 13.8. The van der Waals surface area contributed by atoms with Crippen LogP contribution >= 0.6 is 0 Å². The second-order valence-corrected chi connectivity index (χ2v) is 6.36. The quantitative estimate of drug-likeness (QED) is 0.610. The van der Waals surface area contributed by atoms with Gasteiger partial charge in [0.25, 0.3) is 5.91 Å². The van der Waals surface area contributed by atoms with E-state index in [0.29, 0.717) is 5.56 Å². The number of rotatable bonds is 6. The smallest absolute Gasteiger partial charge is 0.325 e. The molecule has 0 aliphatic carbocycles. The van der Waals surface area contributed by atoms with Crippen LogP contribution in [0.15, 0.2) is 42.5 Å². The summed E-state index contributed by atoms with van der Waals surface area (Å²) in [5.74, 6) is -2.43. The van der Waals surface area contributed by atoms with Crippen LogP contribution in [0.25, 0.3) is 0 Å². The lowest BCUT2D eigenvalue weighted by Crippen LogP contribution is -2.43. The Labute approximate surface area is 160 Å². The normalized spacial score (nSPS) is 18.9. The molecular weight excluding hydrogens is 370 g/mol. The van der Waals surface area contributed by atoms with Crippen LogP contribution < -0.4 is 10.1 Å². The molecule has 1 atom stereocenters. The van der Waals surface area contributed by atoms with E-state index in [0.717, 1.165) is 11.0 Å². The second-order valence-electron chi connectivity index (χ2n) is 6.36. The largest absolute Gasteiger partial charge is 0.494 e. The van der Waals surface area contributed by atoms with Crippen molar-refractivity contribution in [3.05, 3.63) is 65.2 Å². The zero-order valence-electron chi connectivity index (χ0n) is 15.3. The molecule has 2 aromatic rings. The number of nitrogens with one attached hydrogen (secondary N) is 1. The number of hydrogen-bond donors (Lipinski definition) is 1. The minimum absolute atomic E-state index is 0.00896. The molecule has 2 aromatic carbocycles. The van der Waals surface area contributed by atoms with Crippen LogP contribution in [0.1, 0.15) is 29.3 Å². The fourth-order valence-corrected chi connectivity index (χ4v) is 3.22. The van der Waals surface area contributed by atoms with Crippen molar-refractivity contribution in [1.29, 1.82) is 0 Å². The summed E-state index contributed by atoms with van der Waals surface area (Å²) in [6.45, 7) is 1.16. The number of nitrogens with zero attached hydrogens (tertiary/aromatic N) is 1. The maximum absolute atomic E-state index is 13.8. The summed E-state index contributed by atoms with van der Waals surface area (Å²) in [7, 11) is 1.30. The summed E-state index contributed by atoms with van der Waals surface area (Å²) in [6.07, 6.45) is 0.213. The van der Waals surface area contributed by atoms with Crippen molar-refractivity contribution in [1.82, 2.24) is 10.2 Å². The van der Waals surface area contributed by atoms with Gasteiger partial charge in [-0.3, -0.25) is 14.5 Å². The highest BCUT2D eigenvalue weighted by atomic mass is 19.1. The Morgan fingerprint density at radius 3 is 2.39 bits per heavy atom. The molecule has 1 aliphatic rings. The van der Waals surface area contributed by atoms with Gasteiger partial charge < -0.3 is 10.1 Å². The lowest BCUT2D eigenvalue weighted by Gasteiger charge is -2.25. The SMILES string of the molecule is CC[C@]1(c2ccc(F)cc2)NC(=O)N(CC(=O)c2ccc(OC)c(F)c2)C1=O. The standard InChI is InChI=1S/C20H18F2N2O4/c1-3-20(13-5-7-14(21)8-6-13)18(26)24(19(27)23-20)11-16(25)12-4-9-17(28-2)15(22)10-12/h4-10H,3,11H2,1-2H3,(H,23,27)/t20-/m1/s1. The molecule has 3 rings (SSSR count). The Balaban J connectivity index is 1.86. The van der Waals surface area contributed by atoms with Crippen molar-refractivity contribution >= 4 is 17.7 Å². The molecule has 1 fully saturated rings. The Bertz CT molecular complexity index is 946. The van der Waals surface area contributed by atoms with Crippen molar-refractivity contribution in [3.8, 4) is 5.75 Å². The van der Waals surface area contributed by atoms with Crippen LogP contribution in [0.2, 0.25) is 0 Å². The van der Waals surface area contributed by atoms with Gasteiger partial charge in [-0.2, -0.15) is 0 Å². The van der Waals surface area contributed by atoms with Crippen LogP contribution in [0, 0.1) is 11.6 Å². The van der Waals surface area contributed by atoms with Crippen LogP contribution in [0.4, 0.5) is 13.6 Å². The van der Waals surface area contributed by atoms with Gasteiger partial charge in [0.05, 0.1) is 13.7 Å². The number of hydrogen-bond acceptors (Lipinski definition) is 4. The van der Waals surface area contributed by atoms with Crippen LogP contribution in [0.3, 0.4) is 0 Å². The third kappa shape index (κ3) is 3.21. The first kappa shape index (κ1) is 19.5. The summed E-state index contributed by atoms with van der Waals surface area (Å²) in [6, 6.07) is 8.13. The number of urea groups is 1. The highest BCUT2D eigenvalue weighted by Gasteiger charge is 2.51. The Kier molecular flexibility index (Phi) is 5.13. The highest BCUT2D eigenvalue weighted by Crippen LogP contribution is 2.32. The van der Waals surface area contributed by atoms with E-state index in [1.54, 1.807) is 6.92 Å². The third-order valence-electron chi connectivity index (χ3n) is 4.82. The molecule has 0 unspecified atom stereocenters. The molecule has 0 bridgehead atoms. The zero-order chi connectivity index (χ0) is 20.5. The average molecular weight is 388 g/mol. The molecule has 146 valence electrons. The molecule has 1 N–H and O–H groups in total. The second kappa shape index (κ2) is 7.38. The minimum Gasteiger partial charge on any atom is -0.494 e. The average Bonchev–Trinajstić information content (AvgIpc) is 2.93. The number of carbonyl (C=O) groups excluding carboxylic acids is 3. The topological polar surface area (TPSA) is 75.7 Å². The third-order valence-corrected chi connectivity index (χ3v) is 4.82. The monoisotopic (exact) mass is 388 g/mol. The van der Waals surface area contributed by atoms with E-state index in [2.05, 4.69) is 5.32 Å². The molecule has 0 radical (unpaired) electrons. The van der Waals surface area contributed by atoms with Gasteiger partial charge in [-0.05, 0) is 42.3 Å². The first-order valence-electron chi connectivity index (χ1n) is 8.59. The molecule has 6 nitrogen and oxygen atoms in total. The number of ketones is 1. The Hall–Kier alpha value is -3.29. The summed E-state index contributed by atoms with van der Waals surface area (Å²) in [4.78, 5) is 38.7. The predicted molar refractivity (Wildman–Crippen MR) is 95.9 cm³/mol. The first-order chi connectivity index (χ1) is 13.3. The van der Waals surface area contributed by atoms with E-state index in [1.807, 2.05) is 0 Å². The maximum Gasteiger partial charge on any atom is 0.325 e. The van der Waals surface area contributed by atoms with Gasteiger partial charge in [0.2, 0.25) is 0 Å². The molecule has 1 heterocycles. The van der Waals surface area contributed by atoms with Crippen molar-refractivity contribution < 1.29 is 27.9 Å². The lowest BCUT2D eigenvalue weighted by molar-refractivity contribution is -0.131. The molecule has 1 aliphatic heterocycles. The molecule has 1 saturated heterocycles. The predicted octanol–water partition coefficient (Wildman–Crippen LogP) is 3.01. The number of benzene rings is 2. The number of halogens is 2. The van der Waals surface area contributed by atoms with E-state index in [-0.39, 0.29) is 17.7 Å². The molecule has 0 aromatic heterocycles. The fourth-order valence-electron chi connectivity index (χ4n) is 3.22. The van der Waals surface area contributed by atoms with E-state index < -0.39 is 41.4 Å². The van der Waals surface area contributed by atoms with Gasteiger partial charge in [0, 0.05) is 5.56 Å². The first-order valence-corrected chi connectivity index (χ1v) is 8.59. The van der Waals surface area contributed by atoms with Gasteiger partial charge in [0.1, 0.15) is 11.4 Å². The van der Waals surface area contributed by atoms with Crippen molar-refractivity contribution in [2.24, 2.45) is 0 Å². The van der Waals surface area contributed by atoms with Gasteiger partial charge >= 0.3 is 6.03 Å². The highest BCUT2D eigenvalue weighted by molar-refractivity contribution is 6.11.